The highest BCUT2D eigenvalue weighted by Crippen LogP contribution is 2.26. The van der Waals surface area contributed by atoms with Gasteiger partial charge in [0.05, 0.1) is 12.7 Å². The lowest BCUT2D eigenvalue weighted by molar-refractivity contribution is -0.790. The van der Waals surface area contributed by atoms with E-state index in [0.29, 0.717) is 0 Å². The van der Waals surface area contributed by atoms with E-state index in [1.54, 1.807) is 0 Å². The average molecular weight is 332 g/mol. The van der Waals surface area contributed by atoms with E-state index in [9.17, 15) is 30.1 Å². The smallest absolute Gasteiger partial charge is 0.338 e. The van der Waals surface area contributed by atoms with E-state index in [1.165, 1.54) is 25.3 Å². The monoisotopic (exact) mass is 332 g/mol. The highest BCUT2D eigenvalue weighted by molar-refractivity contribution is 5.90. The Balaban J connectivity index is 2.66. The SMILES string of the molecule is COc1cc(C(=O)OCC(CO[N+](=O)[O-])O[N+](=O)[O-])ccc1O. The van der Waals surface area contributed by atoms with Gasteiger partial charge in [0.1, 0.15) is 13.2 Å². The summed E-state index contributed by atoms with van der Waals surface area (Å²) < 4.78 is 9.57. The molecule has 1 unspecified atom stereocenters. The molecule has 0 aliphatic rings. The first-order valence-corrected chi connectivity index (χ1v) is 5.96. The van der Waals surface area contributed by atoms with Crippen molar-refractivity contribution < 1.29 is 39.2 Å². The number of carbonyl (C=O) groups is 1. The van der Waals surface area contributed by atoms with Crippen LogP contribution in [0.1, 0.15) is 10.4 Å². The maximum absolute atomic E-state index is 11.8. The lowest BCUT2D eigenvalue weighted by Crippen LogP contribution is -2.30. The molecule has 12 heteroatoms. The molecule has 0 heterocycles. The van der Waals surface area contributed by atoms with Gasteiger partial charge in [-0.3, -0.25) is 0 Å². The molecule has 0 spiro atoms. The topological polar surface area (TPSA) is 160 Å². The first-order chi connectivity index (χ1) is 10.8. The summed E-state index contributed by atoms with van der Waals surface area (Å²) in [5.74, 6) is -1.08. The lowest BCUT2D eigenvalue weighted by Gasteiger charge is -2.14. The van der Waals surface area contributed by atoms with Crippen molar-refractivity contribution in [2.45, 2.75) is 6.10 Å². The van der Waals surface area contributed by atoms with Crippen LogP contribution in [-0.4, -0.2) is 47.7 Å². The van der Waals surface area contributed by atoms with Gasteiger partial charge < -0.3 is 24.3 Å². The summed E-state index contributed by atoms with van der Waals surface area (Å²) in [7, 11) is 1.28. The standard InChI is InChI=1S/C11H12N2O10/c1-20-10-4-7(2-3-9(10)14)11(15)21-5-8(23-13(18)19)6-22-12(16)17/h2-4,8,14H,5-6H2,1H3. The number of hydrogen-bond acceptors (Lipinski definition) is 10. The van der Waals surface area contributed by atoms with E-state index in [0.717, 1.165) is 0 Å². The third-order valence-electron chi connectivity index (χ3n) is 2.42. The number of methoxy groups -OCH3 is 1. The third-order valence-corrected chi connectivity index (χ3v) is 2.42. The summed E-state index contributed by atoms with van der Waals surface area (Å²) in [4.78, 5) is 40.2. The molecular formula is C11H12N2O10. The summed E-state index contributed by atoms with van der Waals surface area (Å²) >= 11 is 0. The quantitative estimate of drug-likeness (QED) is 0.379. The molecule has 0 bridgehead atoms. The zero-order valence-electron chi connectivity index (χ0n) is 11.7. The fraction of sp³-hybridized carbons (Fsp3) is 0.364. The van der Waals surface area contributed by atoms with E-state index in [1.807, 2.05) is 0 Å². The molecule has 0 saturated carbocycles. The van der Waals surface area contributed by atoms with Gasteiger partial charge in [-0.15, -0.1) is 20.2 Å². The van der Waals surface area contributed by atoms with Gasteiger partial charge in [-0.05, 0) is 18.2 Å². The van der Waals surface area contributed by atoms with Gasteiger partial charge in [0.25, 0.3) is 10.2 Å². The van der Waals surface area contributed by atoms with Gasteiger partial charge in [0.2, 0.25) is 0 Å². The van der Waals surface area contributed by atoms with Crippen LogP contribution >= 0.6 is 0 Å². The summed E-state index contributed by atoms with van der Waals surface area (Å²) in [5.41, 5.74) is -0.00491. The number of aromatic hydroxyl groups is 1. The van der Waals surface area contributed by atoms with E-state index < -0.39 is 35.5 Å². The second-order valence-electron chi connectivity index (χ2n) is 3.96. The normalized spacial score (nSPS) is 11.2. The first kappa shape index (κ1) is 17.7. The number of esters is 1. The van der Waals surface area contributed by atoms with Crippen LogP contribution in [0, 0.1) is 20.2 Å². The van der Waals surface area contributed by atoms with Gasteiger partial charge in [-0.25, -0.2) is 4.79 Å². The maximum atomic E-state index is 11.8. The van der Waals surface area contributed by atoms with E-state index in [4.69, 9.17) is 9.47 Å². The Labute approximate surface area is 128 Å². The molecule has 0 aromatic heterocycles. The second kappa shape index (κ2) is 8.21. The van der Waals surface area contributed by atoms with Crippen molar-refractivity contribution in [1.29, 1.82) is 0 Å². The number of rotatable bonds is 9. The minimum Gasteiger partial charge on any atom is -0.504 e. The zero-order chi connectivity index (χ0) is 17.4. The van der Waals surface area contributed by atoms with E-state index in [2.05, 4.69) is 9.68 Å². The molecule has 1 aromatic rings. The largest absolute Gasteiger partial charge is 0.504 e. The number of phenolic OH excluding ortho intramolecular Hbond substituents is 1. The summed E-state index contributed by atoms with van der Waals surface area (Å²) in [5, 5.41) is 27.4. The fourth-order valence-corrected chi connectivity index (χ4v) is 1.43. The van der Waals surface area contributed by atoms with Crippen molar-refractivity contribution in [3.8, 4) is 11.5 Å². The Morgan fingerprint density at radius 2 is 1.96 bits per heavy atom. The zero-order valence-corrected chi connectivity index (χ0v) is 11.7. The van der Waals surface area contributed by atoms with Crippen LogP contribution in [0.2, 0.25) is 0 Å². The fourth-order valence-electron chi connectivity index (χ4n) is 1.43. The Kier molecular flexibility index (Phi) is 6.33. The molecule has 12 nitrogen and oxygen atoms in total. The third kappa shape index (κ3) is 5.91. The molecule has 0 fully saturated rings. The van der Waals surface area contributed by atoms with E-state index >= 15 is 0 Å². The van der Waals surface area contributed by atoms with Crippen LogP contribution in [0.3, 0.4) is 0 Å². The molecule has 0 radical (unpaired) electrons. The van der Waals surface area contributed by atoms with Crippen molar-refractivity contribution in [3.63, 3.8) is 0 Å². The van der Waals surface area contributed by atoms with Gasteiger partial charge >= 0.3 is 5.97 Å². The number of phenols is 1. The molecule has 0 saturated heterocycles. The molecule has 0 amide bonds. The summed E-state index contributed by atoms with van der Waals surface area (Å²) in [6, 6.07) is 3.61. The number of benzene rings is 1. The Bertz CT molecular complexity index is 590. The summed E-state index contributed by atoms with van der Waals surface area (Å²) in [6.07, 6.45) is -1.47. The van der Waals surface area contributed by atoms with Crippen molar-refractivity contribution in [3.05, 3.63) is 44.0 Å². The summed E-state index contributed by atoms with van der Waals surface area (Å²) in [6.45, 7) is -1.45. The molecule has 0 aliphatic heterocycles. The number of nitrogens with zero attached hydrogens (tertiary/aromatic N) is 2. The predicted octanol–water partition coefficient (Wildman–Crippen LogP) is 0.343. The Morgan fingerprint density at radius 1 is 1.26 bits per heavy atom. The minimum absolute atomic E-state index is 0.00491. The number of carbonyl (C=O) groups excluding carboxylic acids is 1. The average Bonchev–Trinajstić information content (AvgIpc) is 2.49. The molecule has 1 atom stereocenters. The lowest BCUT2D eigenvalue weighted by atomic mass is 10.2. The van der Waals surface area contributed by atoms with Gasteiger partial charge in [-0.1, -0.05) is 0 Å². The first-order valence-electron chi connectivity index (χ1n) is 5.96. The molecule has 1 N–H and O–H groups in total. The molecule has 1 aromatic carbocycles. The van der Waals surface area contributed by atoms with E-state index in [-0.39, 0.29) is 17.1 Å². The highest BCUT2D eigenvalue weighted by Gasteiger charge is 2.19. The van der Waals surface area contributed by atoms with Crippen LogP contribution in [0.5, 0.6) is 11.5 Å². The Morgan fingerprint density at radius 3 is 2.52 bits per heavy atom. The number of ether oxygens (including phenoxy) is 2. The molecule has 1 rings (SSSR count). The van der Waals surface area contributed by atoms with Crippen molar-refractivity contribution in [2.24, 2.45) is 0 Å². The maximum Gasteiger partial charge on any atom is 0.338 e. The molecule has 126 valence electrons. The molecule has 0 aliphatic carbocycles. The predicted molar refractivity (Wildman–Crippen MR) is 69.8 cm³/mol. The van der Waals surface area contributed by atoms with Crippen molar-refractivity contribution in [2.75, 3.05) is 20.3 Å². The molecule has 23 heavy (non-hydrogen) atoms. The second-order valence-corrected chi connectivity index (χ2v) is 3.96. The molecular weight excluding hydrogens is 320 g/mol. The van der Waals surface area contributed by atoms with Crippen LogP contribution < -0.4 is 4.74 Å². The Hall–Kier alpha value is -3.31. The van der Waals surface area contributed by atoms with Crippen molar-refractivity contribution in [1.82, 2.24) is 0 Å². The van der Waals surface area contributed by atoms with Gasteiger partial charge in [0, 0.05) is 0 Å². The van der Waals surface area contributed by atoms with Crippen LogP contribution in [0.4, 0.5) is 0 Å². The van der Waals surface area contributed by atoms with Crippen LogP contribution in [-0.2, 0) is 14.4 Å². The van der Waals surface area contributed by atoms with Crippen molar-refractivity contribution >= 4 is 5.97 Å². The van der Waals surface area contributed by atoms with Crippen LogP contribution in [0.15, 0.2) is 18.2 Å². The number of hydrogen-bond donors (Lipinski definition) is 1. The van der Waals surface area contributed by atoms with Gasteiger partial charge in [-0.2, -0.15) is 0 Å². The van der Waals surface area contributed by atoms with Gasteiger partial charge in [0.15, 0.2) is 17.6 Å². The highest BCUT2D eigenvalue weighted by atomic mass is 17.0. The van der Waals surface area contributed by atoms with Crippen LogP contribution in [0.25, 0.3) is 0 Å². The minimum atomic E-state index is -1.47.